The highest BCUT2D eigenvalue weighted by atomic mass is 35.5. The number of hydrogen-bond donors (Lipinski definition) is 4. The number of aromatic nitrogens is 4. The Labute approximate surface area is 304 Å². The first kappa shape index (κ1) is 33.5. The number of Topliss-reactive ketones (excluding diaryl/α,β-unsaturated/α-hetero) is 1. The highest BCUT2D eigenvalue weighted by Crippen LogP contribution is 2.43. The number of hydrogen-bond acceptors (Lipinski definition) is 9. The number of ketones is 1. The van der Waals surface area contributed by atoms with E-state index in [1.807, 2.05) is 0 Å². The Morgan fingerprint density at radius 3 is 1.82 bits per heavy atom. The van der Waals surface area contributed by atoms with Crippen LogP contribution in [0, 0.1) is 0 Å². The Morgan fingerprint density at radius 1 is 0.686 bits per heavy atom. The van der Waals surface area contributed by atoms with Gasteiger partial charge in [0.2, 0.25) is 11.7 Å². The molecule has 2 aliphatic heterocycles. The summed E-state index contributed by atoms with van der Waals surface area (Å²) in [6.07, 6.45) is 0. The molecule has 7 rings (SSSR count). The Bertz CT molecular complexity index is 2400. The maximum atomic E-state index is 14.4. The zero-order valence-corrected chi connectivity index (χ0v) is 28.1. The summed E-state index contributed by atoms with van der Waals surface area (Å²) in [5.74, 6) is -5.58. The van der Waals surface area contributed by atoms with Crippen LogP contribution in [0.25, 0.3) is 0 Å². The highest BCUT2D eigenvalue weighted by molar-refractivity contribution is 6.37. The van der Waals surface area contributed by atoms with Gasteiger partial charge in [-0.05, 0) is 66.7 Å². The molecule has 254 valence electrons. The number of imidazole rings is 2. The Morgan fingerprint density at radius 2 is 1.24 bits per heavy atom. The zero-order valence-electron chi connectivity index (χ0n) is 25.0. The van der Waals surface area contributed by atoms with E-state index in [0.717, 1.165) is 9.13 Å². The zero-order chi connectivity index (χ0) is 36.0. The fourth-order valence-electron chi connectivity index (χ4n) is 4.93. The minimum atomic E-state index is -1.70. The van der Waals surface area contributed by atoms with Crippen LogP contribution in [0.15, 0.2) is 97.2 Å². The van der Waals surface area contributed by atoms with Gasteiger partial charge >= 0.3 is 12.1 Å². The van der Waals surface area contributed by atoms with Crippen molar-refractivity contribution in [1.29, 1.82) is 0 Å². The lowest BCUT2D eigenvalue weighted by molar-refractivity contribution is 0.0968. The average Bonchev–Trinajstić information content (AvgIpc) is 3.84. The van der Waals surface area contributed by atoms with Crippen LogP contribution in [-0.2, 0) is 0 Å². The number of rotatable bonds is 6. The van der Waals surface area contributed by atoms with E-state index in [2.05, 4.69) is 51.0 Å². The van der Waals surface area contributed by atoms with Crippen molar-refractivity contribution in [3.8, 4) is 11.8 Å². The maximum absolute atomic E-state index is 14.4. The van der Waals surface area contributed by atoms with Crippen molar-refractivity contribution in [3.63, 3.8) is 0 Å². The number of fused-ring (bicyclic) bond motifs is 2. The van der Waals surface area contributed by atoms with Crippen molar-refractivity contribution in [1.82, 2.24) is 19.1 Å². The topological polar surface area (TPSA) is 226 Å². The van der Waals surface area contributed by atoms with Crippen molar-refractivity contribution in [2.24, 2.45) is 30.4 Å². The van der Waals surface area contributed by atoms with Crippen LogP contribution in [0.2, 0.25) is 20.1 Å². The fraction of sp³-hybridized carbons (Fsp3) is 0.0333. The molecule has 0 saturated carbocycles. The van der Waals surface area contributed by atoms with E-state index in [1.54, 1.807) is 36.4 Å². The number of azo groups is 2. The lowest BCUT2D eigenvalue weighted by Gasteiger charge is -2.16. The van der Waals surface area contributed by atoms with Crippen molar-refractivity contribution in [2.75, 3.05) is 10.6 Å². The van der Waals surface area contributed by atoms with Gasteiger partial charge in [0.25, 0.3) is 23.7 Å². The van der Waals surface area contributed by atoms with E-state index in [4.69, 9.17) is 46.4 Å². The number of benzene rings is 3. The van der Waals surface area contributed by atoms with Gasteiger partial charge in [0, 0.05) is 32.0 Å². The molecule has 17 nitrogen and oxygen atoms in total. The average molecular weight is 766 g/mol. The molecule has 0 radical (unpaired) electrons. The van der Waals surface area contributed by atoms with Crippen molar-refractivity contribution in [3.05, 3.63) is 104 Å². The first-order valence-corrected chi connectivity index (χ1v) is 15.7. The summed E-state index contributed by atoms with van der Waals surface area (Å²) in [4.78, 5) is 56.3. The van der Waals surface area contributed by atoms with Crippen LogP contribution in [-0.4, -0.2) is 59.1 Å². The third kappa shape index (κ3) is 6.53. The van der Waals surface area contributed by atoms with Crippen molar-refractivity contribution >= 4 is 99.3 Å². The Hall–Kier alpha value is -6.01. The van der Waals surface area contributed by atoms with Gasteiger partial charge in [0.1, 0.15) is 17.4 Å². The Kier molecular flexibility index (Phi) is 8.78. The number of carbonyl (C=O) groups is 3. The van der Waals surface area contributed by atoms with Gasteiger partial charge in [-0.2, -0.15) is 15.0 Å². The second-order valence-corrected chi connectivity index (χ2v) is 12.1. The van der Waals surface area contributed by atoms with E-state index in [9.17, 15) is 24.6 Å². The lowest BCUT2D eigenvalue weighted by atomic mass is 9.93. The predicted octanol–water partition coefficient (Wildman–Crippen LogP) is 8.19. The molecule has 2 aliphatic rings. The van der Waals surface area contributed by atoms with E-state index in [0.29, 0.717) is 21.4 Å². The van der Waals surface area contributed by atoms with Gasteiger partial charge in [-0.25, -0.2) is 23.7 Å². The summed E-state index contributed by atoms with van der Waals surface area (Å²) in [5.41, 5.74) is 0.261. The molecule has 51 heavy (non-hydrogen) atoms. The normalized spacial score (nSPS) is 14.9. The third-order valence-electron chi connectivity index (χ3n) is 7.17. The number of aromatic hydroxyl groups is 2. The number of anilines is 2. The smallest absolute Gasteiger partial charge is 0.348 e. The molecule has 0 bridgehead atoms. The highest BCUT2D eigenvalue weighted by Gasteiger charge is 2.41. The molecule has 0 spiro atoms. The minimum absolute atomic E-state index is 0.0624. The second kappa shape index (κ2) is 13.4. The molecule has 5 aromatic rings. The second-order valence-electron chi connectivity index (χ2n) is 10.4. The SMILES string of the molecule is O=C(/N=C1\N=Nc2c(O)nc(C(C(=O)c3ccc(Cl)cc3Cl)c3nc4n(c3O)/C(=N\C(=O)Nc3ccc(Cl)cc3)N=N4)n21)Nc1ccc(Cl)cc1. The number of halogens is 4. The summed E-state index contributed by atoms with van der Waals surface area (Å²) in [7, 11) is 0. The van der Waals surface area contributed by atoms with Crippen LogP contribution < -0.4 is 10.6 Å². The molecule has 4 N–H and O–H groups in total. The maximum Gasteiger partial charge on any atom is 0.348 e. The summed E-state index contributed by atoms with van der Waals surface area (Å²) in [5, 5.41) is 43.9. The molecule has 0 saturated heterocycles. The first-order valence-electron chi connectivity index (χ1n) is 14.2. The fourth-order valence-corrected chi connectivity index (χ4v) is 5.69. The molecule has 2 aromatic heterocycles. The van der Waals surface area contributed by atoms with Gasteiger partial charge in [-0.15, -0.1) is 20.5 Å². The number of nitrogens with zero attached hydrogens (tertiary/aromatic N) is 10. The third-order valence-corrected chi connectivity index (χ3v) is 8.22. The molecule has 1 unspecified atom stereocenters. The quantitative estimate of drug-likeness (QED) is 0.124. The summed E-state index contributed by atoms with van der Waals surface area (Å²) < 4.78 is 1.95. The molecule has 4 amide bonds. The van der Waals surface area contributed by atoms with Gasteiger partial charge in [0.15, 0.2) is 5.78 Å². The number of aliphatic imine (C=N–C) groups is 2. The molecular weight excluding hydrogens is 750 g/mol. The molecule has 21 heteroatoms. The van der Waals surface area contributed by atoms with Gasteiger partial charge in [-0.3, -0.25) is 4.79 Å². The molecule has 0 aliphatic carbocycles. The van der Waals surface area contributed by atoms with E-state index in [-0.39, 0.29) is 38.9 Å². The summed E-state index contributed by atoms with van der Waals surface area (Å²) in [6, 6.07) is 14.7. The molecule has 0 fully saturated rings. The van der Waals surface area contributed by atoms with Crippen molar-refractivity contribution < 1.29 is 24.6 Å². The lowest BCUT2D eigenvalue weighted by Crippen LogP contribution is -2.23. The number of nitrogens with one attached hydrogen (secondary N) is 2. The monoisotopic (exact) mass is 764 g/mol. The van der Waals surface area contributed by atoms with E-state index in [1.165, 1.54) is 30.3 Å². The van der Waals surface area contributed by atoms with Gasteiger partial charge in [-0.1, -0.05) is 46.4 Å². The summed E-state index contributed by atoms with van der Waals surface area (Å²) in [6.45, 7) is 0. The standard InChI is InChI=1S/C30H16Cl4N12O5/c31-12-1-6-15(7-2-12)35-29(50)39-27-42-41-23-24(48)38-22(45(23)27)19(21(47)17-10-5-14(33)11-18(17)34)20-25(49)46-26(37-20)43-44-28(46)40-30(51)36-16-8-3-13(32)4-9-16/h1-11,19,48-49H,(H,35,50)(H,36,51)/b39-27+,40-28-. The van der Waals surface area contributed by atoms with E-state index < -0.39 is 47.4 Å². The number of amides is 4. The first-order chi connectivity index (χ1) is 24.5. The van der Waals surface area contributed by atoms with Gasteiger partial charge in [0.05, 0.1) is 5.02 Å². The number of urea groups is 2. The van der Waals surface area contributed by atoms with Crippen LogP contribution in [0.4, 0.5) is 32.7 Å². The molecule has 3 aromatic carbocycles. The molecular formula is C30H16Cl4N12O5. The van der Waals surface area contributed by atoms with Crippen LogP contribution in [0.3, 0.4) is 0 Å². The van der Waals surface area contributed by atoms with Crippen LogP contribution in [0.5, 0.6) is 11.8 Å². The molecule has 1 atom stereocenters. The Balaban J connectivity index is 1.30. The van der Waals surface area contributed by atoms with E-state index >= 15 is 0 Å². The number of carbonyl (C=O) groups excluding carboxylic acids is 3. The van der Waals surface area contributed by atoms with Crippen LogP contribution >= 0.6 is 46.4 Å². The van der Waals surface area contributed by atoms with Crippen LogP contribution in [0.1, 0.15) is 27.8 Å². The minimum Gasteiger partial charge on any atom is -0.493 e. The van der Waals surface area contributed by atoms with Gasteiger partial charge < -0.3 is 20.8 Å². The molecule has 4 heterocycles. The largest absolute Gasteiger partial charge is 0.493 e. The van der Waals surface area contributed by atoms with Crippen molar-refractivity contribution in [2.45, 2.75) is 5.92 Å². The predicted molar refractivity (Wildman–Crippen MR) is 186 cm³/mol. The summed E-state index contributed by atoms with van der Waals surface area (Å²) >= 11 is 24.3.